The first-order chi connectivity index (χ1) is 11.6. The van der Waals surface area contributed by atoms with E-state index in [0.717, 1.165) is 0 Å². The zero-order chi connectivity index (χ0) is 20.8. The molecule has 0 radical (unpaired) electrons. The molecule has 8 heteroatoms. The summed E-state index contributed by atoms with van der Waals surface area (Å²) in [6, 6.07) is -0.866. The van der Waals surface area contributed by atoms with E-state index >= 15 is 0 Å². The number of Topliss-reactive ketones (excluding diaryl/α,β-unsaturated/α-hetero) is 1. The second-order valence-corrected chi connectivity index (χ2v) is 10.3. The molecule has 3 atom stereocenters. The van der Waals surface area contributed by atoms with Gasteiger partial charge < -0.3 is 15.1 Å². The number of carboxylic acid groups (broad SMARTS) is 2. The van der Waals surface area contributed by atoms with Crippen molar-refractivity contribution in [3.8, 4) is 0 Å². The molecule has 146 valence electrons. The number of rotatable bonds is 2. The molecule has 1 amide bonds. The lowest BCUT2D eigenvalue weighted by molar-refractivity contribution is -0.152. The van der Waals surface area contributed by atoms with E-state index < -0.39 is 38.6 Å². The van der Waals surface area contributed by atoms with Crippen LogP contribution in [-0.2, 0) is 19.2 Å². The molecular weight excluding hydrogens is 358 g/mol. The molecule has 2 aliphatic heterocycles. The minimum Gasteiger partial charge on any atom is -0.481 e. The third-order valence-electron chi connectivity index (χ3n) is 4.65. The Labute approximate surface area is 156 Å². The molecule has 2 fully saturated rings. The smallest absolute Gasteiger partial charge is 0.327 e. The van der Waals surface area contributed by atoms with Gasteiger partial charge in [0.2, 0.25) is 0 Å². The Bertz CT molecular complexity index is 728. The summed E-state index contributed by atoms with van der Waals surface area (Å²) in [5.74, 6) is 1.80. The van der Waals surface area contributed by atoms with Crippen LogP contribution in [0.1, 0.15) is 48.5 Å². The standard InChI is InChI=1S/C13H17NO4S.C5H10O2/c1-6(7(2)15)8-10(16)14-9(12(17)18)13(3,4)19(5)11(8)14;1-5(2,3)4(6)7/h9,11H,5H2,1-4H3,(H,17,18);1-3H3,(H,6,7)/t9-,11+,19?;/m0./s1. The molecule has 0 aliphatic carbocycles. The minimum absolute atomic E-state index is 0.156. The number of allylic oxidation sites excluding steroid dienone is 1. The van der Waals surface area contributed by atoms with Crippen LogP contribution in [0.25, 0.3) is 0 Å². The topological polar surface area (TPSA) is 112 Å². The molecular formula is C18H27NO6S. The van der Waals surface area contributed by atoms with E-state index in [2.05, 4.69) is 5.87 Å². The van der Waals surface area contributed by atoms with Gasteiger partial charge in [0.05, 0.1) is 11.0 Å². The van der Waals surface area contributed by atoms with Crippen LogP contribution >= 0.6 is 10.5 Å². The monoisotopic (exact) mass is 385 g/mol. The van der Waals surface area contributed by atoms with Gasteiger partial charge in [-0.2, -0.15) is 10.5 Å². The Morgan fingerprint density at radius 2 is 1.58 bits per heavy atom. The van der Waals surface area contributed by atoms with Crippen LogP contribution in [-0.4, -0.2) is 60.8 Å². The zero-order valence-corrected chi connectivity index (χ0v) is 17.1. The number of β-lactam (4-membered cyclic amide) rings is 1. The van der Waals surface area contributed by atoms with Crippen molar-refractivity contribution < 1.29 is 29.4 Å². The molecule has 7 nitrogen and oxygen atoms in total. The SMILES string of the molecule is C=S1[C@@H]2C(=C(C)C(C)=O)C(=O)N2[C@@H](C(=O)O)C1(C)C.CC(C)(C)C(=O)O. The van der Waals surface area contributed by atoms with E-state index in [1.54, 1.807) is 27.7 Å². The highest BCUT2D eigenvalue weighted by Crippen LogP contribution is 2.57. The molecule has 0 aromatic rings. The molecule has 0 aromatic carbocycles. The van der Waals surface area contributed by atoms with Gasteiger partial charge in [0.15, 0.2) is 5.78 Å². The molecule has 2 rings (SSSR count). The van der Waals surface area contributed by atoms with Crippen molar-refractivity contribution in [1.29, 1.82) is 0 Å². The second-order valence-electron chi connectivity index (χ2n) is 7.99. The predicted molar refractivity (Wildman–Crippen MR) is 101 cm³/mol. The molecule has 0 aromatic heterocycles. The molecule has 2 N–H and O–H groups in total. The summed E-state index contributed by atoms with van der Waals surface area (Å²) in [7, 11) is -0.546. The van der Waals surface area contributed by atoms with Gasteiger partial charge in [-0.05, 0) is 48.5 Å². The normalized spacial score (nSPS) is 28.3. The number of ketones is 1. The molecule has 26 heavy (non-hydrogen) atoms. The van der Waals surface area contributed by atoms with Crippen LogP contribution in [0.5, 0.6) is 0 Å². The average Bonchev–Trinajstić information content (AvgIpc) is 2.64. The van der Waals surface area contributed by atoms with Crippen molar-refractivity contribution in [3.05, 3.63) is 11.1 Å². The van der Waals surface area contributed by atoms with Crippen molar-refractivity contribution in [2.24, 2.45) is 5.41 Å². The maximum absolute atomic E-state index is 12.2. The maximum Gasteiger partial charge on any atom is 0.327 e. The highest BCUT2D eigenvalue weighted by Gasteiger charge is 2.63. The van der Waals surface area contributed by atoms with Gasteiger partial charge in [-0.25, -0.2) is 4.79 Å². The number of hydrogen-bond donors (Lipinski definition) is 2. The number of carboxylic acids is 2. The number of fused-ring (bicyclic) bond motifs is 1. The molecule has 0 spiro atoms. The van der Waals surface area contributed by atoms with E-state index in [1.807, 2.05) is 13.8 Å². The van der Waals surface area contributed by atoms with Gasteiger partial charge in [0.25, 0.3) is 5.91 Å². The number of hydrogen-bond acceptors (Lipinski definition) is 4. The Kier molecular flexibility index (Phi) is 5.93. The van der Waals surface area contributed by atoms with Crippen molar-refractivity contribution in [2.75, 3.05) is 0 Å². The average molecular weight is 385 g/mol. The van der Waals surface area contributed by atoms with E-state index in [-0.39, 0.29) is 17.1 Å². The number of carbonyl (C=O) groups excluding carboxylic acids is 2. The van der Waals surface area contributed by atoms with Gasteiger partial charge in [-0.1, -0.05) is 5.87 Å². The third-order valence-corrected chi connectivity index (χ3v) is 7.23. The summed E-state index contributed by atoms with van der Waals surface area (Å²) in [5.41, 5.74) is 0.289. The number of aliphatic carboxylic acids is 2. The Morgan fingerprint density at radius 1 is 1.15 bits per heavy atom. The first-order valence-corrected chi connectivity index (χ1v) is 9.56. The molecule has 0 bridgehead atoms. The highest BCUT2D eigenvalue weighted by atomic mass is 32.2. The van der Waals surface area contributed by atoms with Crippen molar-refractivity contribution in [1.82, 2.24) is 4.90 Å². The van der Waals surface area contributed by atoms with Gasteiger partial charge in [0, 0.05) is 10.3 Å². The number of amides is 1. The van der Waals surface area contributed by atoms with Gasteiger partial charge in [-0.15, -0.1) is 0 Å². The van der Waals surface area contributed by atoms with Gasteiger partial charge >= 0.3 is 11.9 Å². The van der Waals surface area contributed by atoms with Crippen LogP contribution in [0.2, 0.25) is 0 Å². The summed E-state index contributed by atoms with van der Waals surface area (Å²) in [6.07, 6.45) is 0. The molecule has 0 saturated carbocycles. The second kappa shape index (κ2) is 6.98. The zero-order valence-electron chi connectivity index (χ0n) is 16.2. The maximum atomic E-state index is 12.2. The fraction of sp³-hybridized carbons (Fsp3) is 0.611. The van der Waals surface area contributed by atoms with Crippen LogP contribution in [0, 0.1) is 5.41 Å². The van der Waals surface area contributed by atoms with Gasteiger partial charge in [-0.3, -0.25) is 14.4 Å². The van der Waals surface area contributed by atoms with E-state index in [4.69, 9.17) is 5.11 Å². The lowest BCUT2D eigenvalue weighted by Gasteiger charge is -2.40. The predicted octanol–water partition coefficient (Wildman–Crippen LogP) is 2.12. The van der Waals surface area contributed by atoms with Crippen LogP contribution in [0.3, 0.4) is 0 Å². The summed E-state index contributed by atoms with van der Waals surface area (Å²) >= 11 is 0. The lowest BCUT2D eigenvalue weighted by Crippen LogP contribution is -2.59. The Balaban J connectivity index is 0.000000412. The van der Waals surface area contributed by atoms with Crippen molar-refractivity contribution >= 4 is 40.0 Å². The van der Waals surface area contributed by atoms with Gasteiger partial charge in [0.1, 0.15) is 11.4 Å². The van der Waals surface area contributed by atoms with E-state index in [1.165, 1.54) is 11.8 Å². The molecule has 2 aliphatic rings. The third kappa shape index (κ3) is 3.60. The quantitative estimate of drug-likeness (QED) is 0.428. The van der Waals surface area contributed by atoms with Crippen LogP contribution in [0.4, 0.5) is 0 Å². The summed E-state index contributed by atoms with van der Waals surface area (Å²) < 4.78 is -0.592. The summed E-state index contributed by atoms with van der Waals surface area (Å²) in [6.45, 7) is 11.6. The fourth-order valence-corrected chi connectivity index (χ4v) is 4.80. The highest BCUT2D eigenvalue weighted by molar-refractivity contribution is 8.16. The fourth-order valence-electron chi connectivity index (χ4n) is 2.67. The minimum atomic E-state index is -1.01. The Hall–Kier alpha value is -1.96. The van der Waals surface area contributed by atoms with Crippen LogP contribution < -0.4 is 0 Å². The molecule has 1 unspecified atom stereocenters. The first-order valence-electron chi connectivity index (χ1n) is 8.10. The van der Waals surface area contributed by atoms with Crippen molar-refractivity contribution in [2.45, 2.75) is 64.6 Å². The van der Waals surface area contributed by atoms with Crippen molar-refractivity contribution in [3.63, 3.8) is 0 Å². The largest absolute Gasteiger partial charge is 0.481 e. The first kappa shape index (κ1) is 22.1. The molecule has 2 saturated heterocycles. The lowest BCUT2D eigenvalue weighted by atomic mass is 9.92. The summed E-state index contributed by atoms with van der Waals surface area (Å²) in [5, 5.41) is 17.3. The van der Waals surface area contributed by atoms with E-state index in [9.17, 15) is 24.3 Å². The number of carbonyl (C=O) groups is 4. The van der Waals surface area contributed by atoms with Crippen LogP contribution in [0.15, 0.2) is 11.1 Å². The molecule has 2 heterocycles. The van der Waals surface area contributed by atoms with E-state index in [0.29, 0.717) is 11.1 Å². The Morgan fingerprint density at radius 3 is 1.88 bits per heavy atom. The summed E-state index contributed by atoms with van der Waals surface area (Å²) in [4.78, 5) is 46.4. The number of nitrogens with zero attached hydrogens (tertiary/aromatic N) is 1.